The Morgan fingerprint density at radius 3 is 2.76 bits per heavy atom. The van der Waals surface area contributed by atoms with Crippen molar-refractivity contribution in [2.75, 3.05) is 0 Å². The summed E-state index contributed by atoms with van der Waals surface area (Å²) >= 11 is 11.8. The Morgan fingerprint density at radius 1 is 1.29 bits per heavy atom. The van der Waals surface area contributed by atoms with E-state index in [2.05, 4.69) is 9.97 Å². The number of halogens is 2. The molecular weight excluding hydrogens is 257 g/mol. The van der Waals surface area contributed by atoms with E-state index in [4.69, 9.17) is 28.9 Å². The van der Waals surface area contributed by atoms with Gasteiger partial charge in [0.2, 0.25) is 0 Å². The van der Waals surface area contributed by atoms with Crippen LogP contribution in [0.25, 0.3) is 0 Å². The average Bonchev–Trinajstić information content (AvgIpc) is 2.30. The largest absolute Gasteiger partial charge is 0.322 e. The van der Waals surface area contributed by atoms with Gasteiger partial charge in [0.15, 0.2) is 0 Å². The summed E-state index contributed by atoms with van der Waals surface area (Å²) in [6, 6.07) is 5.23. The molecule has 2 aromatic heterocycles. The lowest BCUT2D eigenvalue weighted by molar-refractivity contribution is 0.695. The molecular formula is C12H11Cl2N3. The van der Waals surface area contributed by atoms with E-state index in [0.717, 1.165) is 5.56 Å². The number of rotatable bonds is 3. The van der Waals surface area contributed by atoms with Crippen LogP contribution in [0.4, 0.5) is 0 Å². The van der Waals surface area contributed by atoms with Crippen LogP contribution < -0.4 is 5.73 Å². The second kappa shape index (κ2) is 5.45. The number of hydrogen-bond acceptors (Lipinski definition) is 3. The quantitative estimate of drug-likeness (QED) is 0.930. The summed E-state index contributed by atoms with van der Waals surface area (Å²) in [5.74, 6) is 0. The average molecular weight is 268 g/mol. The molecule has 0 saturated carbocycles. The molecule has 2 heterocycles. The van der Waals surface area contributed by atoms with Crippen LogP contribution in [0.3, 0.4) is 0 Å². The maximum absolute atomic E-state index is 6.06. The van der Waals surface area contributed by atoms with Gasteiger partial charge in [-0.1, -0.05) is 29.3 Å². The number of pyridine rings is 2. The molecule has 2 N–H and O–H groups in total. The SMILES string of the molecule is NC(Cc1cccnc1)c1ncc(Cl)cc1Cl. The highest BCUT2D eigenvalue weighted by Crippen LogP contribution is 2.24. The van der Waals surface area contributed by atoms with Gasteiger partial charge in [0.05, 0.1) is 21.8 Å². The second-order valence-electron chi connectivity index (χ2n) is 3.69. The fourth-order valence-electron chi connectivity index (χ4n) is 1.57. The fourth-order valence-corrected chi connectivity index (χ4v) is 2.09. The zero-order chi connectivity index (χ0) is 12.3. The van der Waals surface area contributed by atoms with Crippen LogP contribution >= 0.6 is 23.2 Å². The predicted octanol–water partition coefficient (Wildman–Crippen LogP) is 3.03. The molecule has 0 aromatic carbocycles. The van der Waals surface area contributed by atoms with Gasteiger partial charge < -0.3 is 5.73 Å². The van der Waals surface area contributed by atoms with Gasteiger partial charge in [0.1, 0.15) is 0 Å². The fraction of sp³-hybridized carbons (Fsp3) is 0.167. The van der Waals surface area contributed by atoms with Crippen molar-refractivity contribution in [3.8, 4) is 0 Å². The van der Waals surface area contributed by atoms with Crippen LogP contribution in [0, 0.1) is 0 Å². The van der Waals surface area contributed by atoms with Gasteiger partial charge in [0, 0.05) is 18.6 Å². The molecule has 0 bridgehead atoms. The van der Waals surface area contributed by atoms with Gasteiger partial charge in [0.25, 0.3) is 0 Å². The van der Waals surface area contributed by atoms with E-state index < -0.39 is 0 Å². The van der Waals surface area contributed by atoms with E-state index in [-0.39, 0.29) is 6.04 Å². The summed E-state index contributed by atoms with van der Waals surface area (Å²) < 4.78 is 0. The molecule has 0 saturated heterocycles. The van der Waals surface area contributed by atoms with E-state index in [1.165, 1.54) is 0 Å². The van der Waals surface area contributed by atoms with Crippen LogP contribution in [-0.4, -0.2) is 9.97 Å². The smallest absolute Gasteiger partial charge is 0.0761 e. The minimum absolute atomic E-state index is 0.260. The van der Waals surface area contributed by atoms with Gasteiger partial charge in [-0.3, -0.25) is 9.97 Å². The molecule has 0 aliphatic heterocycles. The Morgan fingerprint density at radius 2 is 2.12 bits per heavy atom. The molecule has 0 amide bonds. The number of hydrogen-bond donors (Lipinski definition) is 1. The summed E-state index contributed by atoms with van der Waals surface area (Å²) in [5, 5.41) is 1.00. The molecule has 1 unspecified atom stereocenters. The minimum atomic E-state index is -0.260. The third-order valence-corrected chi connectivity index (χ3v) is 2.88. The predicted molar refractivity (Wildman–Crippen MR) is 69.1 cm³/mol. The molecule has 0 fully saturated rings. The highest BCUT2D eigenvalue weighted by molar-refractivity contribution is 6.34. The number of aromatic nitrogens is 2. The number of nitrogens with two attached hydrogens (primary N) is 1. The van der Waals surface area contributed by atoms with Crippen molar-refractivity contribution in [3.63, 3.8) is 0 Å². The summed E-state index contributed by atoms with van der Waals surface area (Å²) in [7, 11) is 0. The monoisotopic (exact) mass is 267 g/mol. The Hall–Kier alpha value is -1.16. The van der Waals surface area contributed by atoms with Crippen molar-refractivity contribution in [3.05, 3.63) is 58.1 Å². The molecule has 88 valence electrons. The minimum Gasteiger partial charge on any atom is -0.322 e. The normalized spacial score (nSPS) is 12.4. The van der Waals surface area contributed by atoms with E-state index in [1.807, 2.05) is 12.1 Å². The Kier molecular flexibility index (Phi) is 3.94. The van der Waals surface area contributed by atoms with Crippen LogP contribution in [0.15, 0.2) is 36.8 Å². The highest BCUT2D eigenvalue weighted by Gasteiger charge is 2.13. The lowest BCUT2D eigenvalue weighted by Crippen LogP contribution is -2.15. The van der Waals surface area contributed by atoms with Crippen molar-refractivity contribution in [1.82, 2.24) is 9.97 Å². The van der Waals surface area contributed by atoms with Crippen LogP contribution in [0.2, 0.25) is 10.0 Å². The molecule has 0 aliphatic carbocycles. The van der Waals surface area contributed by atoms with E-state index >= 15 is 0 Å². The van der Waals surface area contributed by atoms with Gasteiger partial charge in [-0.15, -0.1) is 0 Å². The first-order valence-corrected chi connectivity index (χ1v) is 5.88. The summed E-state index contributed by atoms with van der Waals surface area (Å²) in [4.78, 5) is 8.20. The lowest BCUT2D eigenvalue weighted by atomic mass is 10.1. The lowest BCUT2D eigenvalue weighted by Gasteiger charge is -2.12. The van der Waals surface area contributed by atoms with Crippen molar-refractivity contribution in [1.29, 1.82) is 0 Å². The van der Waals surface area contributed by atoms with E-state index in [0.29, 0.717) is 22.2 Å². The third-order valence-electron chi connectivity index (χ3n) is 2.37. The first-order chi connectivity index (χ1) is 8.16. The topological polar surface area (TPSA) is 51.8 Å². The molecule has 17 heavy (non-hydrogen) atoms. The molecule has 3 nitrogen and oxygen atoms in total. The van der Waals surface area contributed by atoms with Crippen LogP contribution in [0.1, 0.15) is 17.3 Å². The van der Waals surface area contributed by atoms with E-state index in [9.17, 15) is 0 Å². The van der Waals surface area contributed by atoms with Gasteiger partial charge >= 0.3 is 0 Å². The Bertz CT molecular complexity index is 502. The van der Waals surface area contributed by atoms with Crippen molar-refractivity contribution >= 4 is 23.2 Å². The Balaban J connectivity index is 2.17. The molecule has 2 aromatic rings. The van der Waals surface area contributed by atoms with Crippen molar-refractivity contribution < 1.29 is 0 Å². The highest BCUT2D eigenvalue weighted by atomic mass is 35.5. The molecule has 1 atom stereocenters. The first kappa shape index (κ1) is 12.3. The zero-order valence-corrected chi connectivity index (χ0v) is 10.5. The molecule has 2 rings (SSSR count). The van der Waals surface area contributed by atoms with Gasteiger partial charge in [-0.25, -0.2) is 0 Å². The standard InChI is InChI=1S/C12H11Cl2N3/c13-9-5-10(14)12(17-7-9)11(15)4-8-2-1-3-16-6-8/h1-3,5-7,11H,4,15H2. The molecule has 5 heteroatoms. The van der Waals surface area contributed by atoms with Crippen molar-refractivity contribution in [2.45, 2.75) is 12.5 Å². The Labute approximate surface area is 110 Å². The number of nitrogens with zero attached hydrogens (tertiary/aromatic N) is 2. The maximum Gasteiger partial charge on any atom is 0.0761 e. The van der Waals surface area contributed by atoms with Crippen LogP contribution in [-0.2, 0) is 6.42 Å². The maximum atomic E-state index is 6.06. The molecule has 0 aliphatic rings. The third kappa shape index (κ3) is 3.16. The van der Waals surface area contributed by atoms with Gasteiger partial charge in [-0.05, 0) is 24.1 Å². The summed E-state index contributed by atoms with van der Waals surface area (Å²) in [6.45, 7) is 0. The first-order valence-electron chi connectivity index (χ1n) is 5.12. The molecule has 0 spiro atoms. The van der Waals surface area contributed by atoms with Crippen molar-refractivity contribution in [2.24, 2.45) is 5.73 Å². The van der Waals surface area contributed by atoms with E-state index in [1.54, 1.807) is 24.7 Å². The summed E-state index contributed by atoms with van der Waals surface area (Å²) in [6.07, 6.45) is 5.69. The molecule has 0 radical (unpaired) electrons. The van der Waals surface area contributed by atoms with Gasteiger partial charge in [-0.2, -0.15) is 0 Å². The summed E-state index contributed by atoms with van der Waals surface area (Å²) in [5.41, 5.74) is 7.76. The zero-order valence-electron chi connectivity index (χ0n) is 8.98. The van der Waals surface area contributed by atoms with Crippen LogP contribution in [0.5, 0.6) is 0 Å². The second-order valence-corrected chi connectivity index (χ2v) is 4.54.